The Labute approximate surface area is 282 Å². The maximum atomic E-state index is 2.45. The molecule has 0 aliphatic rings. The van der Waals surface area contributed by atoms with Gasteiger partial charge in [-0.1, -0.05) is 140 Å². The van der Waals surface area contributed by atoms with E-state index in [1.807, 2.05) is 11.3 Å². The second-order valence-electron chi connectivity index (χ2n) is 12.5. The van der Waals surface area contributed by atoms with Gasteiger partial charge in [-0.25, -0.2) is 0 Å². The van der Waals surface area contributed by atoms with Crippen molar-refractivity contribution >= 4 is 91.7 Å². The van der Waals surface area contributed by atoms with Gasteiger partial charge in [-0.05, 0) is 79.7 Å². The topological polar surface area (TPSA) is 3.24 Å². The second-order valence-corrected chi connectivity index (χ2v) is 13.6. The Kier molecular flexibility index (Phi) is 6.12. The number of nitrogens with zero attached hydrogens (tertiary/aromatic N) is 1. The van der Waals surface area contributed by atoms with Gasteiger partial charge in [0.25, 0.3) is 0 Å². The first kappa shape index (κ1) is 27.2. The van der Waals surface area contributed by atoms with Crippen molar-refractivity contribution in [2.24, 2.45) is 0 Å². The van der Waals surface area contributed by atoms with Crippen LogP contribution in [0.2, 0.25) is 0 Å². The molecule has 0 N–H and O–H groups in total. The summed E-state index contributed by atoms with van der Waals surface area (Å²) in [4.78, 5) is 2.45. The van der Waals surface area contributed by atoms with Gasteiger partial charge in [0.2, 0.25) is 0 Å². The van der Waals surface area contributed by atoms with Gasteiger partial charge in [0, 0.05) is 42.5 Å². The zero-order valence-electron chi connectivity index (χ0n) is 26.1. The Morgan fingerprint density at radius 3 is 1.90 bits per heavy atom. The number of rotatable bonds is 4. The summed E-state index contributed by atoms with van der Waals surface area (Å²) in [6, 6.07) is 64.5. The third-order valence-corrected chi connectivity index (χ3v) is 11.0. The lowest BCUT2D eigenvalue weighted by Gasteiger charge is -2.28. The standard InChI is InChI=1S/C46H29NS/c1-2-10-30(11-3-1)37-13-6-8-16-43(37)47(36-24-22-32-23-26-41-40-15-7-9-17-44(40)48-46(41)42(32)29-36)35-25-27-39-34(28-35)21-20-33-19-18-31-12-4-5-14-38(31)45(33)39/h1-29H. The van der Waals surface area contributed by atoms with Gasteiger partial charge in [0.05, 0.1) is 5.69 Å². The van der Waals surface area contributed by atoms with Crippen LogP contribution in [-0.2, 0) is 0 Å². The monoisotopic (exact) mass is 627 g/mol. The van der Waals surface area contributed by atoms with Crippen molar-refractivity contribution in [3.63, 3.8) is 0 Å². The minimum Gasteiger partial charge on any atom is -0.310 e. The van der Waals surface area contributed by atoms with Gasteiger partial charge in [0.1, 0.15) is 0 Å². The maximum absolute atomic E-state index is 2.45. The van der Waals surface area contributed by atoms with Crippen LogP contribution in [0.3, 0.4) is 0 Å². The average Bonchev–Trinajstić information content (AvgIpc) is 3.54. The fraction of sp³-hybridized carbons (Fsp3) is 0. The first-order chi connectivity index (χ1) is 23.8. The highest BCUT2D eigenvalue weighted by molar-refractivity contribution is 7.26. The molecule has 224 valence electrons. The van der Waals surface area contributed by atoms with E-state index < -0.39 is 0 Å². The molecule has 0 fully saturated rings. The number of anilines is 3. The van der Waals surface area contributed by atoms with Crippen molar-refractivity contribution in [1.82, 2.24) is 0 Å². The van der Waals surface area contributed by atoms with E-state index in [-0.39, 0.29) is 0 Å². The Balaban J connectivity index is 1.25. The van der Waals surface area contributed by atoms with Crippen molar-refractivity contribution in [2.75, 3.05) is 4.90 Å². The van der Waals surface area contributed by atoms with Crippen molar-refractivity contribution in [2.45, 2.75) is 0 Å². The number of thiophene rings is 1. The van der Waals surface area contributed by atoms with Crippen LogP contribution < -0.4 is 4.90 Å². The van der Waals surface area contributed by atoms with Crippen LogP contribution >= 0.6 is 11.3 Å². The molecule has 10 rings (SSSR count). The van der Waals surface area contributed by atoms with Gasteiger partial charge >= 0.3 is 0 Å². The minimum absolute atomic E-state index is 1.13. The smallest absolute Gasteiger partial charge is 0.0540 e. The molecule has 0 saturated heterocycles. The van der Waals surface area contributed by atoms with E-state index in [0.717, 1.165) is 17.1 Å². The molecular weight excluding hydrogens is 599 g/mol. The lowest BCUT2D eigenvalue weighted by atomic mass is 9.95. The molecule has 2 heteroatoms. The number of para-hydroxylation sites is 1. The largest absolute Gasteiger partial charge is 0.310 e. The van der Waals surface area contributed by atoms with Crippen molar-refractivity contribution in [3.05, 3.63) is 176 Å². The van der Waals surface area contributed by atoms with Gasteiger partial charge in [-0.3, -0.25) is 0 Å². The summed E-state index contributed by atoms with van der Waals surface area (Å²) < 4.78 is 2.66. The molecule has 1 nitrogen and oxygen atoms in total. The normalized spacial score (nSPS) is 11.8. The fourth-order valence-corrected chi connectivity index (χ4v) is 8.78. The lowest BCUT2D eigenvalue weighted by Crippen LogP contribution is -2.11. The van der Waals surface area contributed by atoms with E-state index in [1.165, 1.54) is 74.4 Å². The molecule has 1 aromatic heterocycles. The van der Waals surface area contributed by atoms with Crippen molar-refractivity contribution in [1.29, 1.82) is 0 Å². The van der Waals surface area contributed by atoms with E-state index >= 15 is 0 Å². The highest BCUT2D eigenvalue weighted by Gasteiger charge is 2.19. The zero-order chi connectivity index (χ0) is 31.6. The number of benzene rings is 9. The highest BCUT2D eigenvalue weighted by atomic mass is 32.1. The van der Waals surface area contributed by atoms with Gasteiger partial charge < -0.3 is 4.90 Å². The predicted molar refractivity (Wildman–Crippen MR) is 209 cm³/mol. The zero-order valence-corrected chi connectivity index (χ0v) is 26.9. The average molecular weight is 628 g/mol. The molecule has 48 heavy (non-hydrogen) atoms. The van der Waals surface area contributed by atoms with Gasteiger partial charge in [-0.15, -0.1) is 11.3 Å². The second kappa shape index (κ2) is 10.8. The van der Waals surface area contributed by atoms with Gasteiger partial charge in [0.15, 0.2) is 0 Å². The summed E-state index contributed by atoms with van der Waals surface area (Å²) in [7, 11) is 0. The Hall–Kier alpha value is -5.96. The van der Waals surface area contributed by atoms with Crippen molar-refractivity contribution in [3.8, 4) is 11.1 Å². The van der Waals surface area contributed by atoms with Crippen LogP contribution in [0.4, 0.5) is 17.1 Å². The van der Waals surface area contributed by atoms with E-state index in [9.17, 15) is 0 Å². The molecular formula is C46H29NS. The molecule has 0 unspecified atom stereocenters. The van der Waals surface area contributed by atoms with Crippen molar-refractivity contribution < 1.29 is 0 Å². The molecule has 0 radical (unpaired) electrons. The highest BCUT2D eigenvalue weighted by Crippen LogP contribution is 2.45. The lowest BCUT2D eigenvalue weighted by molar-refractivity contribution is 1.29. The summed E-state index contributed by atoms with van der Waals surface area (Å²) in [5, 5.41) is 12.8. The third-order valence-electron chi connectivity index (χ3n) is 9.80. The molecule has 0 bridgehead atoms. The van der Waals surface area contributed by atoms with Gasteiger partial charge in [-0.2, -0.15) is 0 Å². The molecule has 1 heterocycles. The SMILES string of the molecule is c1ccc(-c2ccccc2N(c2ccc3c(ccc4ccc5ccccc5c43)c2)c2ccc3ccc4c5ccccc5sc4c3c2)cc1. The van der Waals surface area contributed by atoms with Crippen LogP contribution in [0.1, 0.15) is 0 Å². The minimum atomic E-state index is 1.13. The molecule has 0 saturated carbocycles. The number of hydrogen-bond acceptors (Lipinski definition) is 2. The fourth-order valence-electron chi connectivity index (χ4n) is 7.55. The predicted octanol–water partition coefficient (Wildman–Crippen LogP) is 13.8. The van der Waals surface area contributed by atoms with Crippen LogP contribution in [0.15, 0.2) is 176 Å². The first-order valence-electron chi connectivity index (χ1n) is 16.4. The Bertz CT molecular complexity index is 2850. The Morgan fingerprint density at radius 2 is 0.979 bits per heavy atom. The summed E-state index contributed by atoms with van der Waals surface area (Å²) in [5.41, 5.74) is 5.82. The van der Waals surface area contributed by atoms with Crippen LogP contribution in [-0.4, -0.2) is 0 Å². The van der Waals surface area contributed by atoms with Crippen LogP contribution in [0.25, 0.3) is 74.4 Å². The molecule has 0 spiro atoms. The molecule has 9 aromatic carbocycles. The summed E-state index contributed by atoms with van der Waals surface area (Å²) >= 11 is 1.89. The number of hydrogen-bond donors (Lipinski definition) is 0. The van der Waals surface area contributed by atoms with Crippen LogP contribution in [0, 0.1) is 0 Å². The third kappa shape index (κ3) is 4.24. The Morgan fingerprint density at radius 1 is 0.375 bits per heavy atom. The summed E-state index contributed by atoms with van der Waals surface area (Å²) in [6.07, 6.45) is 0. The molecule has 0 amide bonds. The molecule has 0 atom stereocenters. The van der Waals surface area contributed by atoms with E-state index in [1.54, 1.807) is 0 Å². The summed E-state index contributed by atoms with van der Waals surface area (Å²) in [6.45, 7) is 0. The molecule has 0 aliphatic heterocycles. The van der Waals surface area contributed by atoms with E-state index in [2.05, 4.69) is 181 Å². The molecule has 0 aliphatic carbocycles. The van der Waals surface area contributed by atoms with E-state index in [0.29, 0.717) is 0 Å². The van der Waals surface area contributed by atoms with Crippen LogP contribution in [0.5, 0.6) is 0 Å². The first-order valence-corrected chi connectivity index (χ1v) is 17.2. The van der Waals surface area contributed by atoms with E-state index in [4.69, 9.17) is 0 Å². The summed E-state index contributed by atoms with van der Waals surface area (Å²) in [5.74, 6) is 0. The maximum Gasteiger partial charge on any atom is 0.0540 e. The quantitative estimate of drug-likeness (QED) is 0.176. The number of fused-ring (bicyclic) bond motifs is 10. The molecule has 10 aromatic rings.